The number of halogens is 1. The summed E-state index contributed by atoms with van der Waals surface area (Å²) in [5.74, 6) is -0.619. The summed E-state index contributed by atoms with van der Waals surface area (Å²) in [6, 6.07) is 20.1. The van der Waals surface area contributed by atoms with Gasteiger partial charge in [0.05, 0.1) is 17.3 Å². The van der Waals surface area contributed by atoms with Crippen LogP contribution in [0, 0.1) is 0 Å². The predicted octanol–water partition coefficient (Wildman–Crippen LogP) is 4.51. The van der Waals surface area contributed by atoms with Crippen LogP contribution >= 0.6 is 11.6 Å². The van der Waals surface area contributed by atoms with Gasteiger partial charge in [0, 0.05) is 10.9 Å². The third-order valence-electron chi connectivity index (χ3n) is 4.18. The number of pyridine rings is 1. The van der Waals surface area contributed by atoms with Gasteiger partial charge in [0.1, 0.15) is 10.9 Å². The van der Waals surface area contributed by atoms with Crippen LogP contribution in [0.15, 0.2) is 71.8 Å². The Morgan fingerprint density at radius 3 is 2.44 bits per heavy atom. The van der Waals surface area contributed by atoms with E-state index in [-0.39, 0.29) is 11.3 Å². The molecule has 0 aliphatic heterocycles. The second kappa shape index (κ2) is 7.05. The number of nitrogens with one attached hydrogen (secondary N) is 1. The zero-order chi connectivity index (χ0) is 18.8. The van der Waals surface area contributed by atoms with Gasteiger partial charge >= 0.3 is 0 Å². The molecule has 27 heavy (non-hydrogen) atoms. The molecule has 132 valence electrons. The molecule has 0 fully saturated rings. The molecule has 0 bridgehead atoms. The topological polar surface area (TPSA) is 74.6 Å². The Balaban J connectivity index is 1.57. The SMILES string of the molecule is O=C(NN=Cc1cc2ccccc2nc1Cl)c1cc2ccccc2cc1O. The molecular formula is C21H14ClN3O2. The molecule has 6 heteroatoms. The van der Waals surface area contributed by atoms with Gasteiger partial charge in [0.15, 0.2) is 0 Å². The van der Waals surface area contributed by atoms with Crippen LogP contribution in [0.2, 0.25) is 5.15 Å². The number of aromatic hydroxyl groups is 1. The maximum absolute atomic E-state index is 12.4. The molecule has 0 aliphatic rings. The lowest BCUT2D eigenvalue weighted by Crippen LogP contribution is -2.17. The minimum Gasteiger partial charge on any atom is -0.507 e. The predicted molar refractivity (Wildman–Crippen MR) is 107 cm³/mol. The molecule has 0 spiro atoms. The Morgan fingerprint density at radius 2 is 1.67 bits per heavy atom. The highest BCUT2D eigenvalue weighted by Crippen LogP contribution is 2.25. The normalized spacial score (nSPS) is 11.3. The van der Waals surface area contributed by atoms with Crippen LogP contribution in [0.3, 0.4) is 0 Å². The molecule has 0 atom stereocenters. The van der Waals surface area contributed by atoms with E-state index in [0.29, 0.717) is 10.7 Å². The smallest absolute Gasteiger partial charge is 0.275 e. The first-order valence-corrected chi connectivity index (χ1v) is 8.60. The molecule has 5 nitrogen and oxygen atoms in total. The number of carbonyl (C=O) groups is 1. The van der Waals surface area contributed by atoms with E-state index in [4.69, 9.17) is 11.6 Å². The number of para-hydroxylation sites is 1. The van der Waals surface area contributed by atoms with Crippen molar-refractivity contribution in [1.82, 2.24) is 10.4 Å². The number of amides is 1. The summed E-state index contributed by atoms with van der Waals surface area (Å²) in [6.07, 6.45) is 1.43. The Labute approximate surface area is 159 Å². The first kappa shape index (κ1) is 17.0. The largest absolute Gasteiger partial charge is 0.507 e. The summed E-state index contributed by atoms with van der Waals surface area (Å²) in [4.78, 5) is 16.7. The van der Waals surface area contributed by atoms with E-state index in [1.807, 2.05) is 54.6 Å². The monoisotopic (exact) mass is 375 g/mol. The number of rotatable bonds is 3. The molecule has 1 amide bonds. The second-order valence-corrected chi connectivity index (χ2v) is 6.33. The highest BCUT2D eigenvalue weighted by Gasteiger charge is 2.12. The number of aromatic nitrogens is 1. The molecule has 1 heterocycles. The standard InChI is InChI=1S/C21H14ClN3O2/c22-20-16(9-15-7-3-4-8-18(15)24-20)12-23-25-21(27)17-10-13-5-1-2-6-14(13)11-19(17)26/h1-12,26H,(H,25,27). The molecule has 4 rings (SSSR count). The lowest BCUT2D eigenvalue weighted by molar-refractivity contribution is 0.0952. The fourth-order valence-corrected chi connectivity index (χ4v) is 3.02. The minimum atomic E-state index is -0.514. The van der Waals surface area contributed by atoms with Gasteiger partial charge in [-0.15, -0.1) is 0 Å². The number of fused-ring (bicyclic) bond motifs is 2. The van der Waals surface area contributed by atoms with Crippen molar-refractivity contribution in [3.05, 3.63) is 83.0 Å². The maximum atomic E-state index is 12.4. The minimum absolute atomic E-state index is 0.105. The number of nitrogens with zero attached hydrogens (tertiary/aromatic N) is 2. The number of hydrogen-bond acceptors (Lipinski definition) is 4. The van der Waals surface area contributed by atoms with Crippen molar-refractivity contribution in [3.8, 4) is 5.75 Å². The van der Waals surface area contributed by atoms with E-state index in [1.165, 1.54) is 6.21 Å². The third-order valence-corrected chi connectivity index (χ3v) is 4.49. The van der Waals surface area contributed by atoms with Gasteiger partial charge in [-0.25, -0.2) is 10.4 Å². The van der Waals surface area contributed by atoms with Crippen molar-refractivity contribution < 1.29 is 9.90 Å². The Morgan fingerprint density at radius 1 is 1.00 bits per heavy atom. The van der Waals surface area contributed by atoms with Crippen LogP contribution in [0.1, 0.15) is 15.9 Å². The van der Waals surface area contributed by atoms with E-state index in [9.17, 15) is 9.90 Å². The van der Waals surface area contributed by atoms with Gasteiger partial charge in [0.25, 0.3) is 5.91 Å². The number of phenols is 1. The molecule has 0 unspecified atom stereocenters. The molecule has 0 saturated carbocycles. The van der Waals surface area contributed by atoms with E-state index >= 15 is 0 Å². The fourth-order valence-electron chi connectivity index (χ4n) is 2.83. The molecule has 0 radical (unpaired) electrons. The van der Waals surface area contributed by atoms with Crippen molar-refractivity contribution in [3.63, 3.8) is 0 Å². The van der Waals surface area contributed by atoms with Crippen molar-refractivity contribution in [2.24, 2.45) is 5.10 Å². The molecule has 3 aromatic carbocycles. The Hall–Kier alpha value is -3.44. The summed E-state index contributed by atoms with van der Waals surface area (Å²) in [7, 11) is 0. The zero-order valence-electron chi connectivity index (χ0n) is 14.1. The van der Waals surface area contributed by atoms with Gasteiger partial charge in [-0.2, -0.15) is 5.10 Å². The fraction of sp³-hybridized carbons (Fsp3) is 0. The van der Waals surface area contributed by atoms with Crippen LogP contribution in [-0.2, 0) is 0 Å². The summed E-state index contributed by atoms with van der Waals surface area (Å²) >= 11 is 6.17. The van der Waals surface area contributed by atoms with Crippen LogP contribution in [0.5, 0.6) is 5.75 Å². The highest BCUT2D eigenvalue weighted by atomic mass is 35.5. The highest BCUT2D eigenvalue weighted by molar-refractivity contribution is 6.32. The van der Waals surface area contributed by atoms with Crippen LogP contribution in [-0.4, -0.2) is 22.2 Å². The summed E-state index contributed by atoms with van der Waals surface area (Å²) in [5, 5.41) is 17.0. The number of carbonyl (C=O) groups excluding carboxylic acids is 1. The van der Waals surface area contributed by atoms with Gasteiger partial charge in [-0.1, -0.05) is 54.1 Å². The molecule has 0 saturated heterocycles. The summed E-state index contributed by atoms with van der Waals surface area (Å²) in [5.41, 5.74) is 3.92. The lowest BCUT2D eigenvalue weighted by atomic mass is 10.1. The number of hydrazone groups is 1. The maximum Gasteiger partial charge on any atom is 0.275 e. The first-order chi connectivity index (χ1) is 13.1. The zero-order valence-corrected chi connectivity index (χ0v) is 14.8. The van der Waals surface area contributed by atoms with Crippen LogP contribution < -0.4 is 5.43 Å². The van der Waals surface area contributed by atoms with Crippen molar-refractivity contribution >= 4 is 45.4 Å². The summed E-state index contributed by atoms with van der Waals surface area (Å²) in [6.45, 7) is 0. The molecule has 1 aromatic heterocycles. The van der Waals surface area contributed by atoms with Gasteiger partial charge in [-0.3, -0.25) is 4.79 Å². The Kier molecular flexibility index (Phi) is 4.44. The number of benzene rings is 3. The van der Waals surface area contributed by atoms with Crippen LogP contribution in [0.4, 0.5) is 0 Å². The van der Waals surface area contributed by atoms with E-state index in [2.05, 4.69) is 15.5 Å². The molecule has 0 aliphatic carbocycles. The lowest BCUT2D eigenvalue weighted by Gasteiger charge is -2.06. The number of hydrogen-bond donors (Lipinski definition) is 2. The summed E-state index contributed by atoms with van der Waals surface area (Å²) < 4.78 is 0. The second-order valence-electron chi connectivity index (χ2n) is 5.98. The average molecular weight is 376 g/mol. The van der Waals surface area contributed by atoms with Crippen molar-refractivity contribution in [1.29, 1.82) is 0 Å². The molecule has 4 aromatic rings. The van der Waals surface area contributed by atoms with Crippen LogP contribution in [0.25, 0.3) is 21.7 Å². The molecule has 2 N–H and O–H groups in total. The third kappa shape index (κ3) is 3.45. The van der Waals surface area contributed by atoms with E-state index in [0.717, 1.165) is 21.7 Å². The van der Waals surface area contributed by atoms with E-state index in [1.54, 1.807) is 12.1 Å². The Bertz CT molecular complexity index is 1200. The average Bonchev–Trinajstić information content (AvgIpc) is 2.67. The van der Waals surface area contributed by atoms with E-state index < -0.39 is 5.91 Å². The quantitative estimate of drug-likeness (QED) is 0.314. The van der Waals surface area contributed by atoms with Crippen molar-refractivity contribution in [2.45, 2.75) is 0 Å². The van der Waals surface area contributed by atoms with Crippen molar-refractivity contribution in [2.75, 3.05) is 0 Å². The van der Waals surface area contributed by atoms with Gasteiger partial charge in [0.2, 0.25) is 0 Å². The van der Waals surface area contributed by atoms with Gasteiger partial charge in [-0.05, 0) is 35.0 Å². The van der Waals surface area contributed by atoms with Gasteiger partial charge < -0.3 is 5.11 Å². The molecular weight excluding hydrogens is 362 g/mol. The number of phenolic OH excluding ortho intramolecular Hbond substituents is 1. The first-order valence-electron chi connectivity index (χ1n) is 8.22.